The van der Waals surface area contributed by atoms with Gasteiger partial charge in [-0.2, -0.15) is 5.10 Å². The van der Waals surface area contributed by atoms with Crippen LogP contribution in [0, 0.1) is 5.41 Å². The number of carbonyl (C=O) groups is 2. The molecule has 3 heterocycles. The predicted octanol–water partition coefficient (Wildman–Crippen LogP) is 3.26. The summed E-state index contributed by atoms with van der Waals surface area (Å²) in [5.74, 6) is -0.372. The summed E-state index contributed by atoms with van der Waals surface area (Å²) >= 11 is 0. The second-order valence-electron chi connectivity index (χ2n) is 8.94. The first-order valence-electron chi connectivity index (χ1n) is 11.9. The minimum absolute atomic E-state index is 0.00000260. The van der Waals surface area contributed by atoms with Gasteiger partial charge in [0.15, 0.2) is 0 Å². The van der Waals surface area contributed by atoms with Crippen molar-refractivity contribution in [3.63, 3.8) is 0 Å². The van der Waals surface area contributed by atoms with Gasteiger partial charge >= 0.3 is 5.97 Å². The van der Waals surface area contributed by atoms with Gasteiger partial charge in [0.05, 0.1) is 29.1 Å². The van der Waals surface area contributed by atoms with E-state index >= 15 is 0 Å². The van der Waals surface area contributed by atoms with Gasteiger partial charge in [-0.15, -0.1) is 0 Å². The van der Waals surface area contributed by atoms with Gasteiger partial charge in [-0.1, -0.05) is 13.0 Å². The number of carboxylic acid groups (broad SMARTS) is 1. The van der Waals surface area contributed by atoms with E-state index in [0.717, 1.165) is 36.2 Å². The molecular formula is C25H33N3O5. The van der Waals surface area contributed by atoms with Crippen molar-refractivity contribution in [2.45, 2.75) is 58.9 Å². The molecule has 1 aromatic carbocycles. The number of aromatic carboxylic acids is 1. The number of amides is 1. The fraction of sp³-hybridized carbons (Fsp3) is 0.560. The lowest BCUT2D eigenvalue weighted by molar-refractivity contribution is 0.0152. The lowest BCUT2D eigenvalue weighted by Crippen LogP contribution is -2.40. The Balaban J connectivity index is 1.59. The summed E-state index contributed by atoms with van der Waals surface area (Å²) < 4.78 is 13.3. The van der Waals surface area contributed by atoms with Crippen LogP contribution >= 0.6 is 0 Å². The molecule has 2 aliphatic rings. The zero-order chi connectivity index (χ0) is 23.4. The van der Waals surface area contributed by atoms with Gasteiger partial charge in [0.2, 0.25) is 0 Å². The molecule has 0 aliphatic carbocycles. The minimum Gasteiger partial charge on any atom is -0.494 e. The summed E-state index contributed by atoms with van der Waals surface area (Å²) in [5, 5.41) is 17.6. The topological polar surface area (TPSA) is 103 Å². The van der Waals surface area contributed by atoms with E-state index in [0.29, 0.717) is 63.5 Å². The van der Waals surface area contributed by atoms with Crippen LogP contribution in [0.4, 0.5) is 0 Å². The second kappa shape index (κ2) is 9.95. The standard InChI is InChI=1S/C25H33N3O5/c1-3-19-22-20(15-25(16-26-23(22)29)10-13-32-14-11-25)28(27-19)12-6-8-17-18(24(30)31)7-5-9-21(17)33-4-2/h5,7,9H,3-4,6,8,10-16H2,1-2H3,(H,26,29)(H,30,31). The van der Waals surface area contributed by atoms with Crippen molar-refractivity contribution in [3.05, 3.63) is 46.3 Å². The average Bonchev–Trinajstić information content (AvgIpc) is 3.09. The normalized spacial score (nSPS) is 17.3. The number of hydrogen-bond acceptors (Lipinski definition) is 5. The monoisotopic (exact) mass is 455 g/mol. The Morgan fingerprint density at radius 1 is 1.30 bits per heavy atom. The molecule has 178 valence electrons. The summed E-state index contributed by atoms with van der Waals surface area (Å²) in [6.07, 6.45) is 4.58. The zero-order valence-corrected chi connectivity index (χ0v) is 19.5. The quantitative estimate of drug-likeness (QED) is 0.633. The maximum absolute atomic E-state index is 13.0. The summed E-state index contributed by atoms with van der Waals surface area (Å²) in [4.78, 5) is 24.7. The molecule has 1 saturated heterocycles. The Hall–Kier alpha value is -2.87. The lowest BCUT2D eigenvalue weighted by atomic mass is 9.76. The third-order valence-corrected chi connectivity index (χ3v) is 6.87. The zero-order valence-electron chi connectivity index (χ0n) is 19.5. The highest BCUT2D eigenvalue weighted by atomic mass is 16.5. The van der Waals surface area contributed by atoms with E-state index in [1.54, 1.807) is 12.1 Å². The van der Waals surface area contributed by atoms with Crippen LogP contribution < -0.4 is 10.1 Å². The summed E-state index contributed by atoms with van der Waals surface area (Å²) in [7, 11) is 0. The number of aromatic nitrogens is 2. The molecule has 1 spiro atoms. The molecule has 0 saturated carbocycles. The van der Waals surface area contributed by atoms with Crippen LogP contribution in [0.2, 0.25) is 0 Å². The molecule has 1 amide bonds. The molecule has 0 unspecified atom stereocenters. The second-order valence-corrected chi connectivity index (χ2v) is 8.94. The van der Waals surface area contributed by atoms with Crippen LogP contribution in [0.3, 0.4) is 0 Å². The van der Waals surface area contributed by atoms with Crippen molar-refractivity contribution in [3.8, 4) is 5.75 Å². The third-order valence-electron chi connectivity index (χ3n) is 6.87. The Morgan fingerprint density at radius 2 is 2.09 bits per heavy atom. The van der Waals surface area contributed by atoms with Crippen molar-refractivity contribution in [2.75, 3.05) is 26.4 Å². The van der Waals surface area contributed by atoms with Crippen molar-refractivity contribution < 1.29 is 24.2 Å². The van der Waals surface area contributed by atoms with Crippen molar-refractivity contribution >= 4 is 11.9 Å². The third kappa shape index (κ3) is 4.76. The molecule has 33 heavy (non-hydrogen) atoms. The van der Waals surface area contributed by atoms with E-state index in [9.17, 15) is 14.7 Å². The molecule has 0 radical (unpaired) electrons. The summed E-state index contributed by atoms with van der Waals surface area (Å²) in [6, 6.07) is 5.15. The number of hydrogen-bond donors (Lipinski definition) is 2. The largest absolute Gasteiger partial charge is 0.494 e. The van der Waals surface area contributed by atoms with E-state index in [-0.39, 0.29) is 16.9 Å². The van der Waals surface area contributed by atoms with Gasteiger partial charge in [-0.3, -0.25) is 9.48 Å². The van der Waals surface area contributed by atoms with Crippen molar-refractivity contribution in [1.82, 2.24) is 15.1 Å². The summed E-state index contributed by atoms with van der Waals surface area (Å²) in [5.41, 5.74) is 3.53. The van der Waals surface area contributed by atoms with E-state index < -0.39 is 5.97 Å². The minimum atomic E-state index is -0.953. The SMILES string of the molecule is CCOc1cccc(C(=O)O)c1CCCn1nc(CC)c2c1CC1(CCOCC1)CNC2=O. The van der Waals surface area contributed by atoms with Gasteiger partial charge < -0.3 is 19.9 Å². The Morgan fingerprint density at radius 3 is 2.79 bits per heavy atom. The highest BCUT2D eigenvalue weighted by Gasteiger charge is 2.39. The van der Waals surface area contributed by atoms with Crippen LogP contribution in [0.25, 0.3) is 0 Å². The number of aryl methyl sites for hydroxylation is 2. The van der Waals surface area contributed by atoms with Gasteiger partial charge in [0.25, 0.3) is 5.91 Å². The number of benzene rings is 1. The maximum Gasteiger partial charge on any atom is 0.336 e. The van der Waals surface area contributed by atoms with Gasteiger partial charge in [0, 0.05) is 31.9 Å². The summed E-state index contributed by atoms with van der Waals surface area (Å²) in [6.45, 7) is 7.09. The first-order valence-corrected chi connectivity index (χ1v) is 11.9. The first kappa shape index (κ1) is 23.3. The van der Waals surface area contributed by atoms with E-state index in [4.69, 9.17) is 14.6 Å². The Labute approximate surface area is 194 Å². The molecule has 2 aliphatic heterocycles. The number of rotatable bonds is 8. The number of ether oxygens (including phenoxy) is 2. The molecule has 8 heteroatoms. The average molecular weight is 456 g/mol. The van der Waals surface area contributed by atoms with Crippen LogP contribution in [-0.2, 0) is 30.5 Å². The molecule has 8 nitrogen and oxygen atoms in total. The Bertz CT molecular complexity index is 1020. The van der Waals surface area contributed by atoms with Crippen LogP contribution in [0.15, 0.2) is 18.2 Å². The Kier molecular flexibility index (Phi) is 7.02. The fourth-order valence-electron chi connectivity index (χ4n) is 5.08. The molecule has 1 aromatic heterocycles. The molecular weight excluding hydrogens is 422 g/mol. The van der Waals surface area contributed by atoms with Crippen LogP contribution in [-0.4, -0.2) is 53.1 Å². The number of nitrogens with one attached hydrogen (secondary N) is 1. The van der Waals surface area contributed by atoms with E-state index in [2.05, 4.69) is 5.32 Å². The van der Waals surface area contributed by atoms with E-state index in [1.807, 2.05) is 24.6 Å². The molecule has 2 aromatic rings. The van der Waals surface area contributed by atoms with Crippen molar-refractivity contribution in [2.24, 2.45) is 5.41 Å². The van der Waals surface area contributed by atoms with Crippen LogP contribution in [0.5, 0.6) is 5.75 Å². The molecule has 0 atom stereocenters. The maximum atomic E-state index is 13.0. The number of carbonyl (C=O) groups excluding carboxylic acids is 1. The highest BCUT2D eigenvalue weighted by molar-refractivity contribution is 5.97. The smallest absolute Gasteiger partial charge is 0.336 e. The molecule has 4 rings (SSSR count). The molecule has 0 bridgehead atoms. The number of carboxylic acids is 1. The van der Waals surface area contributed by atoms with E-state index in [1.165, 1.54) is 0 Å². The number of fused-ring (bicyclic) bond motifs is 1. The molecule has 1 fully saturated rings. The van der Waals surface area contributed by atoms with Gasteiger partial charge in [0.1, 0.15) is 5.75 Å². The van der Waals surface area contributed by atoms with Crippen molar-refractivity contribution in [1.29, 1.82) is 0 Å². The number of nitrogens with zero attached hydrogens (tertiary/aromatic N) is 2. The first-order chi connectivity index (χ1) is 16.0. The highest BCUT2D eigenvalue weighted by Crippen LogP contribution is 2.37. The van der Waals surface area contributed by atoms with Crippen LogP contribution in [0.1, 0.15) is 70.8 Å². The van der Waals surface area contributed by atoms with Gasteiger partial charge in [-0.25, -0.2) is 4.79 Å². The predicted molar refractivity (Wildman–Crippen MR) is 123 cm³/mol. The fourth-order valence-corrected chi connectivity index (χ4v) is 5.08. The molecule has 2 N–H and O–H groups in total. The lowest BCUT2D eigenvalue weighted by Gasteiger charge is -2.36. The van der Waals surface area contributed by atoms with Gasteiger partial charge in [-0.05, 0) is 63.0 Å².